The summed E-state index contributed by atoms with van der Waals surface area (Å²) in [6.07, 6.45) is 2.07. The van der Waals surface area contributed by atoms with Crippen molar-refractivity contribution in [1.82, 2.24) is 14.9 Å². The normalized spacial score (nSPS) is 21.3. The summed E-state index contributed by atoms with van der Waals surface area (Å²) in [5, 5.41) is 0. The number of aromatic nitrogens is 2. The van der Waals surface area contributed by atoms with Crippen LogP contribution in [0.5, 0.6) is 5.75 Å². The third kappa shape index (κ3) is 3.65. The molecule has 2 atom stereocenters. The highest BCUT2D eigenvalue weighted by molar-refractivity contribution is 6.00. The van der Waals surface area contributed by atoms with Crippen LogP contribution in [-0.2, 0) is 9.59 Å². The van der Waals surface area contributed by atoms with Crippen molar-refractivity contribution in [3.63, 3.8) is 0 Å². The molecule has 2 aliphatic rings. The monoisotopic (exact) mass is 418 g/mol. The zero-order chi connectivity index (χ0) is 21.4. The Kier molecular flexibility index (Phi) is 5.10. The summed E-state index contributed by atoms with van der Waals surface area (Å²) in [6.45, 7) is 3.65. The second-order valence-corrected chi connectivity index (χ2v) is 8.16. The molecule has 0 spiro atoms. The largest absolute Gasteiger partial charge is 0.494 e. The van der Waals surface area contributed by atoms with E-state index in [1.807, 2.05) is 60.4 Å². The smallest absolute Gasteiger partial charge is 0.228 e. The lowest BCUT2D eigenvalue weighted by molar-refractivity contribution is -0.136. The third-order valence-electron chi connectivity index (χ3n) is 6.19. The van der Waals surface area contributed by atoms with Gasteiger partial charge in [0.05, 0.1) is 29.6 Å². The molecule has 31 heavy (non-hydrogen) atoms. The molecular formula is C24H26N4O3. The van der Waals surface area contributed by atoms with Gasteiger partial charge in [0.15, 0.2) is 0 Å². The number of fused-ring (bicyclic) bond motifs is 1. The van der Waals surface area contributed by atoms with Crippen LogP contribution in [0.25, 0.3) is 11.0 Å². The lowest BCUT2D eigenvalue weighted by Crippen LogP contribution is -2.37. The van der Waals surface area contributed by atoms with E-state index < -0.39 is 0 Å². The predicted octanol–water partition coefficient (Wildman–Crippen LogP) is 3.68. The van der Waals surface area contributed by atoms with Crippen LogP contribution in [0.4, 0.5) is 5.69 Å². The summed E-state index contributed by atoms with van der Waals surface area (Å²) in [4.78, 5) is 37.8. The number of rotatable bonds is 5. The topological polar surface area (TPSA) is 78.5 Å². The Morgan fingerprint density at radius 1 is 1.19 bits per heavy atom. The molecule has 1 aromatic heterocycles. The van der Waals surface area contributed by atoms with Crippen molar-refractivity contribution in [2.45, 2.75) is 32.2 Å². The minimum Gasteiger partial charge on any atom is -0.494 e. The van der Waals surface area contributed by atoms with Gasteiger partial charge in [0.2, 0.25) is 11.8 Å². The van der Waals surface area contributed by atoms with Crippen LogP contribution in [-0.4, -0.2) is 46.4 Å². The molecule has 2 saturated heterocycles. The molecule has 0 saturated carbocycles. The van der Waals surface area contributed by atoms with Gasteiger partial charge in [0.1, 0.15) is 11.6 Å². The predicted molar refractivity (Wildman–Crippen MR) is 118 cm³/mol. The summed E-state index contributed by atoms with van der Waals surface area (Å²) in [5.41, 5.74) is 2.70. The highest BCUT2D eigenvalue weighted by atomic mass is 16.5. The quantitative estimate of drug-likeness (QED) is 0.686. The van der Waals surface area contributed by atoms with Gasteiger partial charge in [0.25, 0.3) is 0 Å². The first-order chi connectivity index (χ1) is 15.1. The van der Waals surface area contributed by atoms with E-state index in [2.05, 4.69) is 4.98 Å². The molecule has 2 aliphatic heterocycles. The van der Waals surface area contributed by atoms with Gasteiger partial charge in [-0.15, -0.1) is 0 Å². The molecule has 5 rings (SSSR count). The Hall–Kier alpha value is -3.35. The number of nitrogens with one attached hydrogen (secondary N) is 1. The molecule has 2 fully saturated rings. The van der Waals surface area contributed by atoms with Crippen molar-refractivity contribution >= 4 is 28.5 Å². The second kappa shape index (κ2) is 8.06. The van der Waals surface area contributed by atoms with Crippen LogP contribution in [0.2, 0.25) is 0 Å². The zero-order valence-electron chi connectivity index (χ0n) is 17.6. The van der Waals surface area contributed by atoms with Crippen LogP contribution in [0.1, 0.15) is 38.1 Å². The zero-order valence-corrected chi connectivity index (χ0v) is 17.6. The summed E-state index contributed by atoms with van der Waals surface area (Å²) in [5.74, 6) is 1.31. The summed E-state index contributed by atoms with van der Waals surface area (Å²) in [6, 6.07) is 15.3. The maximum Gasteiger partial charge on any atom is 0.228 e. The molecule has 0 unspecified atom stereocenters. The van der Waals surface area contributed by atoms with Crippen LogP contribution >= 0.6 is 0 Å². The number of para-hydroxylation sites is 2. The minimum atomic E-state index is -0.330. The SMILES string of the molecule is CCOc1ccc(N2C[C@H](C(=O)N3CCC[C@H]3c3nc4ccccc4[nH]3)CC2=O)cc1. The van der Waals surface area contributed by atoms with Crippen LogP contribution in [0.15, 0.2) is 48.5 Å². The molecule has 0 aliphatic carbocycles. The molecule has 3 aromatic rings. The van der Waals surface area contributed by atoms with E-state index in [9.17, 15) is 9.59 Å². The van der Waals surface area contributed by atoms with E-state index in [1.165, 1.54) is 0 Å². The van der Waals surface area contributed by atoms with Gasteiger partial charge in [-0.25, -0.2) is 4.98 Å². The Bertz CT molecular complexity index is 1070. The molecule has 0 bridgehead atoms. The van der Waals surface area contributed by atoms with Crippen LogP contribution < -0.4 is 9.64 Å². The number of benzene rings is 2. The minimum absolute atomic E-state index is 0.0120. The standard InChI is InChI=1S/C24H26N4O3/c1-2-31-18-11-9-17(10-12-18)28-15-16(14-22(28)29)24(30)27-13-5-8-21(27)23-25-19-6-3-4-7-20(19)26-23/h3-4,6-7,9-12,16,21H,2,5,8,13-15H2,1H3,(H,25,26)/t16-,21+/m1/s1. The first kappa shape index (κ1) is 19.6. The average Bonchev–Trinajstić information content (AvgIpc) is 3.51. The van der Waals surface area contributed by atoms with Crippen molar-refractivity contribution < 1.29 is 14.3 Å². The number of ether oxygens (including phenoxy) is 1. The third-order valence-corrected chi connectivity index (χ3v) is 6.19. The molecule has 2 aromatic carbocycles. The number of aromatic amines is 1. The number of likely N-dealkylation sites (tertiary alicyclic amines) is 1. The Morgan fingerprint density at radius 3 is 2.77 bits per heavy atom. The van der Waals surface area contributed by atoms with Crippen LogP contribution in [0, 0.1) is 5.92 Å². The molecule has 7 heteroatoms. The van der Waals surface area contributed by atoms with E-state index in [-0.39, 0.29) is 30.2 Å². The first-order valence-corrected chi connectivity index (χ1v) is 10.9. The molecule has 2 amide bonds. The van der Waals surface area contributed by atoms with Gasteiger partial charge in [-0.2, -0.15) is 0 Å². The number of carbonyl (C=O) groups excluding carboxylic acids is 2. The molecule has 3 heterocycles. The van der Waals surface area contributed by atoms with Gasteiger partial charge in [-0.05, 0) is 56.2 Å². The van der Waals surface area contributed by atoms with Gasteiger partial charge in [0, 0.05) is 25.2 Å². The fraction of sp³-hybridized carbons (Fsp3) is 0.375. The maximum atomic E-state index is 13.4. The number of imidazole rings is 1. The van der Waals surface area contributed by atoms with Gasteiger partial charge in [-0.1, -0.05) is 12.1 Å². The van der Waals surface area contributed by atoms with Crippen molar-refractivity contribution in [2.24, 2.45) is 5.92 Å². The first-order valence-electron chi connectivity index (χ1n) is 10.9. The number of hydrogen-bond acceptors (Lipinski definition) is 4. The molecule has 7 nitrogen and oxygen atoms in total. The van der Waals surface area contributed by atoms with Gasteiger partial charge >= 0.3 is 0 Å². The van der Waals surface area contributed by atoms with E-state index in [4.69, 9.17) is 9.72 Å². The summed E-state index contributed by atoms with van der Waals surface area (Å²) >= 11 is 0. The van der Waals surface area contributed by atoms with E-state index in [0.29, 0.717) is 19.7 Å². The number of H-pyrrole nitrogens is 1. The van der Waals surface area contributed by atoms with Crippen molar-refractivity contribution in [3.8, 4) is 5.75 Å². The number of carbonyl (C=O) groups is 2. The Balaban J connectivity index is 1.32. The number of nitrogens with zero attached hydrogens (tertiary/aromatic N) is 3. The maximum absolute atomic E-state index is 13.4. The number of amides is 2. The Labute approximate surface area is 181 Å². The Morgan fingerprint density at radius 2 is 2.00 bits per heavy atom. The van der Waals surface area contributed by atoms with Crippen LogP contribution in [0.3, 0.4) is 0 Å². The lowest BCUT2D eigenvalue weighted by Gasteiger charge is -2.26. The van der Waals surface area contributed by atoms with Gasteiger partial charge in [-0.3, -0.25) is 9.59 Å². The van der Waals surface area contributed by atoms with Gasteiger partial charge < -0.3 is 19.5 Å². The fourth-order valence-electron chi connectivity index (χ4n) is 4.69. The van der Waals surface area contributed by atoms with Crippen molar-refractivity contribution in [1.29, 1.82) is 0 Å². The van der Waals surface area contributed by atoms with Crippen molar-refractivity contribution in [2.75, 3.05) is 24.6 Å². The number of anilines is 1. The van der Waals surface area contributed by atoms with E-state index in [0.717, 1.165) is 41.1 Å². The van der Waals surface area contributed by atoms with E-state index in [1.54, 1.807) is 4.90 Å². The number of hydrogen-bond donors (Lipinski definition) is 1. The molecule has 0 radical (unpaired) electrons. The van der Waals surface area contributed by atoms with E-state index >= 15 is 0 Å². The molecular weight excluding hydrogens is 392 g/mol. The summed E-state index contributed by atoms with van der Waals surface area (Å²) < 4.78 is 5.48. The highest BCUT2D eigenvalue weighted by Gasteiger charge is 2.41. The molecule has 1 N–H and O–H groups in total. The van der Waals surface area contributed by atoms with Crippen molar-refractivity contribution in [3.05, 3.63) is 54.4 Å². The highest BCUT2D eigenvalue weighted by Crippen LogP contribution is 2.35. The summed E-state index contributed by atoms with van der Waals surface area (Å²) in [7, 11) is 0. The fourth-order valence-corrected chi connectivity index (χ4v) is 4.69. The lowest BCUT2D eigenvalue weighted by atomic mass is 10.1. The molecule has 160 valence electrons. The average molecular weight is 418 g/mol. The second-order valence-electron chi connectivity index (χ2n) is 8.16.